The van der Waals surface area contributed by atoms with Gasteiger partial charge in [0.1, 0.15) is 6.33 Å². The molecule has 1 heterocycles. The Labute approximate surface area is 59.3 Å². The van der Waals surface area contributed by atoms with E-state index in [0.717, 1.165) is 12.1 Å². The third-order valence-electron chi connectivity index (χ3n) is 1.82. The molecule has 1 aromatic heterocycles. The molecule has 52 valence electrons. The summed E-state index contributed by atoms with van der Waals surface area (Å²) in [6.07, 6.45) is 4.41. The summed E-state index contributed by atoms with van der Waals surface area (Å²) < 4.78 is 0. The van der Waals surface area contributed by atoms with E-state index in [-0.39, 0.29) is 0 Å². The number of aromatic nitrogens is 2. The average Bonchev–Trinajstić information content (AvgIpc) is 2.69. The lowest BCUT2D eigenvalue weighted by Gasteiger charge is -1.92. The third-order valence-corrected chi connectivity index (χ3v) is 1.82. The van der Waals surface area contributed by atoms with Crippen LogP contribution < -0.4 is 5.73 Å². The van der Waals surface area contributed by atoms with E-state index in [1.165, 1.54) is 0 Å². The summed E-state index contributed by atoms with van der Waals surface area (Å²) in [7, 11) is 0. The number of hydrogen-bond acceptors (Lipinski definition) is 3. The topological polar surface area (TPSA) is 51.8 Å². The summed E-state index contributed by atoms with van der Waals surface area (Å²) in [5.74, 6) is 0.503. The van der Waals surface area contributed by atoms with Gasteiger partial charge in [0.15, 0.2) is 0 Å². The molecule has 2 unspecified atom stereocenters. The zero-order chi connectivity index (χ0) is 6.97. The molecule has 3 nitrogen and oxygen atoms in total. The first-order valence-electron chi connectivity index (χ1n) is 3.39. The minimum atomic E-state index is 0.342. The Morgan fingerprint density at radius 2 is 2.40 bits per heavy atom. The summed E-state index contributed by atoms with van der Waals surface area (Å²) in [6.45, 7) is 0. The van der Waals surface area contributed by atoms with Crippen molar-refractivity contribution in [3.05, 3.63) is 24.3 Å². The molecular weight excluding hydrogens is 126 g/mol. The highest BCUT2D eigenvalue weighted by Crippen LogP contribution is 2.37. The SMILES string of the molecule is NC1CC1c1ccncn1. The first-order valence-corrected chi connectivity index (χ1v) is 3.39. The lowest BCUT2D eigenvalue weighted by atomic mass is 10.3. The summed E-state index contributed by atoms with van der Waals surface area (Å²) in [4.78, 5) is 7.93. The van der Waals surface area contributed by atoms with Crippen LogP contribution in [0, 0.1) is 0 Å². The molecule has 3 heteroatoms. The maximum Gasteiger partial charge on any atom is 0.115 e. The van der Waals surface area contributed by atoms with Gasteiger partial charge >= 0.3 is 0 Å². The van der Waals surface area contributed by atoms with E-state index in [1.807, 2.05) is 6.07 Å². The van der Waals surface area contributed by atoms with Gasteiger partial charge in [-0.25, -0.2) is 9.97 Å². The number of nitrogens with two attached hydrogens (primary N) is 1. The summed E-state index contributed by atoms with van der Waals surface area (Å²) >= 11 is 0. The first-order chi connectivity index (χ1) is 4.88. The molecule has 1 fully saturated rings. The molecule has 0 aromatic carbocycles. The number of hydrogen-bond donors (Lipinski definition) is 1. The Balaban J connectivity index is 2.20. The van der Waals surface area contributed by atoms with Gasteiger partial charge in [-0.2, -0.15) is 0 Å². The summed E-state index contributed by atoms with van der Waals surface area (Å²) in [5.41, 5.74) is 6.72. The molecule has 0 bridgehead atoms. The minimum absolute atomic E-state index is 0.342. The Bertz CT molecular complexity index is 222. The van der Waals surface area contributed by atoms with Crippen LogP contribution in [0.4, 0.5) is 0 Å². The lowest BCUT2D eigenvalue weighted by Crippen LogP contribution is -2.01. The minimum Gasteiger partial charge on any atom is -0.327 e. The highest BCUT2D eigenvalue weighted by Gasteiger charge is 2.35. The van der Waals surface area contributed by atoms with Gasteiger partial charge < -0.3 is 5.73 Å². The molecule has 1 saturated carbocycles. The average molecular weight is 135 g/mol. The third kappa shape index (κ3) is 0.885. The molecule has 2 rings (SSSR count). The highest BCUT2D eigenvalue weighted by molar-refractivity contribution is 5.17. The van der Waals surface area contributed by atoms with Crippen LogP contribution in [0.1, 0.15) is 18.0 Å². The van der Waals surface area contributed by atoms with E-state index >= 15 is 0 Å². The molecule has 1 aliphatic carbocycles. The molecule has 0 spiro atoms. The van der Waals surface area contributed by atoms with Crippen molar-refractivity contribution in [3.8, 4) is 0 Å². The van der Waals surface area contributed by atoms with Crippen LogP contribution in [0.3, 0.4) is 0 Å². The van der Waals surface area contributed by atoms with Gasteiger partial charge in [-0.05, 0) is 12.5 Å². The van der Waals surface area contributed by atoms with Crippen molar-refractivity contribution < 1.29 is 0 Å². The molecule has 1 aromatic rings. The molecule has 0 saturated heterocycles. The van der Waals surface area contributed by atoms with Gasteiger partial charge in [-0.1, -0.05) is 0 Å². The van der Waals surface area contributed by atoms with Crippen molar-refractivity contribution in [2.24, 2.45) is 5.73 Å². The summed E-state index contributed by atoms with van der Waals surface area (Å²) in [5, 5.41) is 0. The van der Waals surface area contributed by atoms with Gasteiger partial charge in [0.25, 0.3) is 0 Å². The second-order valence-electron chi connectivity index (χ2n) is 2.64. The maximum atomic E-state index is 5.64. The molecule has 0 aliphatic heterocycles. The fourth-order valence-electron chi connectivity index (χ4n) is 1.07. The predicted octanol–water partition coefficient (Wildman–Crippen LogP) is 0.291. The zero-order valence-electron chi connectivity index (χ0n) is 5.57. The fraction of sp³-hybridized carbons (Fsp3) is 0.429. The van der Waals surface area contributed by atoms with Crippen LogP contribution in [0.5, 0.6) is 0 Å². The van der Waals surface area contributed by atoms with Crippen LogP contribution >= 0.6 is 0 Å². The normalized spacial score (nSPS) is 30.1. The van der Waals surface area contributed by atoms with Crippen LogP contribution in [-0.2, 0) is 0 Å². The smallest absolute Gasteiger partial charge is 0.115 e. The molecular formula is C7H9N3. The van der Waals surface area contributed by atoms with E-state index in [1.54, 1.807) is 12.5 Å². The van der Waals surface area contributed by atoms with Gasteiger partial charge in [0.05, 0.1) is 0 Å². The molecule has 0 radical (unpaired) electrons. The van der Waals surface area contributed by atoms with E-state index in [9.17, 15) is 0 Å². The van der Waals surface area contributed by atoms with Crippen LogP contribution in [0.15, 0.2) is 18.6 Å². The molecule has 10 heavy (non-hydrogen) atoms. The fourth-order valence-corrected chi connectivity index (χ4v) is 1.07. The van der Waals surface area contributed by atoms with Gasteiger partial charge in [-0.3, -0.25) is 0 Å². The van der Waals surface area contributed by atoms with Crippen molar-refractivity contribution in [2.75, 3.05) is 0 Å². The first kappa shape index (κ1) is 5.80. The van der Waals surface area contributed by atoms with Crippen molar-refractivity contribution >= 4 is 0 Å². The highest BCUT2D eigenvalue weighted by atomic mass is 14.9. The maximum absolute atomic E-state index is 5.64. The van der Waals surface area contributed by atoms with Crippen molar-refractivity contribution in [2.45, 2.75) is 18.4 Å². The van der Waals surface area contributed by atoms with Gasteiger partial charge in [0, 0.05) is 23.9 Å². The Morgan fingerprint density at radius 1 is 1.60 bits per heavy atom. The summed E-state index contributed by atoms with van der Waals surface area (Å²) in [6, 6.07) is 2.27. The van der Waals surface area contributed by atoms with Crippen molar-refractivity contribution in [1.82, 2.24) is 9.97 Å². The van der Waals surface area contributed by atoms with Crippen LogP contribution in [0.2, 0.25) is 0 Å². The molecule has 0 amide bonds. The van der Waals surface area contributed by atoms with Gasteiger partial charge in [-0.15, -0.1) is 0 Å². The van der Waals surface area contributed by atoms with E-state index in [0.29, 0.717) is 12.0 Å². The monoisotopic (exact) mass is 135 g/mol. The molecule has 2 N–H and O–H groups in total. The van der Waals surface area contributed by atoms with Crippen LogP contribution in [0.25, 0.3) is 0 Å². The van der Waals surface area contributed by atoms with E-state index in [2.05, 4.69) is 9.97 Å². The van der Waals surface area contributed by atoms with E-state index < -0.39 is 0 Å². The van der Waals surface area contributed by atoms with Gasteiger partial charge in [0.2, 0.25) is 0 Å². The van der Waals surface area contributed by atoms with Crippen LogP contribution in [-0.4, -0.2) is 16.0 Å². The Kier molecular flexibility index (Phi) is 1.17. The lowest BCUT2D eigenvalue weighted by molar-refractivity contribution is 0.929. The standard InChI is InChI=1S/C7H9N3/c8-6-3-5(6)7-1-2-9-4-10-7/h1-2,4-6H,3,8H2. The zero-order valence-corrected chi connectivity index (χ0v) is 5.57. The quantitative estimate of drug-likeness (QED) is 0.602. The Hall–Kier alpha value is -0.960. The molecule has 2 atom stereocenters. The largest absolute Gasteiger partial charge is 0.327 e. The second kappa shape index (κ2) is 2.02. The van der Waals surface area contributed by atoms with E-state index in [4.69, 9.17) is 5.73 Å². The second-order valence-corrected chi connectivity index (χ2v) is 2.64. The van der Waals surface area contributed by atoms with Crippen molar-refractivity contribution in [1.29, 1.82) is 0 Å². The predicted molar refractivity (Wildman–Crippen MR) is 37.4 cm³/mol. The Morgan fingerprint density at radius 3 is 2.90 bits per heavy atom. The molecule has 1 aliphatic rings. The van der Waals surface area contributed by atoms with Crippen molar-refractivity contribution in [3.63, 3.8) is 0 Å². The number of rotatable bonds is 1. The number of nitrogens with zero attached hydrogens (tertiary/aromatic N) is 2.